The van der Waals surface area contributed by atoms with Gasteiger partial charge in [-0.15, -0.1) is 0 Å². The zero-order chi connectivity index (χ0) is 15.6. The fourth-order valence-electron chi connectivity index (χ4n) is 2.08. The monoisotopic (exact) mass is 332 g/mol. The van der Waals surface area contributed by atoms with Gasteiger partial charge in [-0.3, -0.25) is 10.1 Å². The second kappa shape index (κ2) is 6.06. The van der Waals surface area contributed by atoms with E-state index in [1.807, 2.05) is 0 Å². The topological polar surface area (TPSA) is 105 Å². The first-order valence-electron chi connectivity index (χ1n) is 6.20. The molecule has 0 amide bonds. The fourth-order valence-corrected chi connectivity index (χ4v) is 4.91. The van der Waals surface area contributed by atoms with Crippen LogP contribution < -0.4 is 10.2 Å². The van der Waals surface area contributed by atoms with Gasteiger partial charge in [-0.1, -0.05) is 0 Å². The molecule has 8 nitrogen and oxygen atoms in total. The van der Waals surface area contributed by atoms with Gasteiger partial charge >= 0.3 is 0 Å². The van der Waals surface area contributed by atoms with Crippen molar-refractivity contribution in [1.82, 2.24) is 4.98 Å². The SMILES string of the molecule is CNc1cc([N+](=O)[O-])cc(N2CCSCC2S(C)(=O)=O)n1. The summed E-state index contributed by atoms with van der Waals surface area (Å²) in [5.74, 6) is 1.83. The summed E-state index contributed by atoms with van der Waals surface area (Å²) in [4.78, 5) is 16.4. The molecular weight excluding hydrogens is 316 g/mol. The van der Waals surface area contributed by atoms with Gasteiger partial charge < -0.3 is 10.2 Å². The number of rotatable bonds is 4. The van der Waals surface area contributed by atoms with Gasteiger partial charge in [-0.05, 0) is 0 Å². The third-order valence-corrected chi connectivity index (χ3v) is 5.78. The molecule has 0 radical (unpaired) electrons. The van der Waals surface area contributed by atoms with Crippen LogP contribution in [0, 0.1) is 10.1 Å². The van der Waals surface area contributed by atoms with Gasteiger partial charge in [0.15, 0.2) is 9.84 Å². The second-order valence-electron chi connectivity index (χ2n) is 4.63. The predicted octanol–water partition coefficient (Wildman–Crippen LogP) is 0.955. The van der Waals surface area contributed by atoms with Crippen molar-refractivity contribution in [3.8, 4) is 0 Å². The molecule has 1 unspecified atom stereocenters. The Hall–Kier alpha value is -1.55. The van der Waals surface area contributed by atoms with Crippen molar-refractivity contribution in [3.63, 3.8) is 0 Å². The minimum atomic E-state index is -3.30. The highest BCUT2D eigenvalue weighted by Gasteiger charge is 2.32. The average molecular weight is 332 g/mol. The van der Waals surface area contributed by atoms with Crippen LogP contribution in [-0.2, 0) is 9.84 Å². The third kappa shape index (κ3) is 3.56. The normalized spacial score (nSPS) is 19.3. The summed E-state index contributed by atoms with van der Waals surface area (Å²) in [7, 11) is -1.69. The highest BCUT2D eigenvalue weighted by Crippen LogP contribution is 2.29. The van der Waals surface area contributed by atoms with Gasteiger partial charge in [0.1, 0.15) is 17.0 Å². The van der Waals surface area contributed by atoms with E-state index in [2.05, 4.69) is 10.3 Å². The largest absolute Gasteiger partial charge is 0.373 e. The first-order chi connectivity index (χ1) is 9.82. The molecule has 1 aliphatic heterocycles. The summed E-state index contributed by atoms with van der Waals surface area (Å²) in [6.45, 7) is 0.486. The van der Waals surface area contributed by atoms with E-state index in [9.17, 15) is 18.5 Å². The minimum absolute atomic E-state index is 0.116. The van der Waals surface area contributed by atoms with Gasteiger partial charge in [0.2, 0.25) is 0 Å². The number of nitro groups is 1. The predicted molar refractivity (Wildman–Crippen MR) is 83.7 cm³/mol. The van der Waals surface area contributed by atoms with Gasteiger partial charge in [0, 0.05) is 31.4 Å². The molecule has 0 saturated carbocycles. The lowest BCUT2D eigenvalue weighted by atomic mass is 10.3. The van der Waals surface area contributed by atoms with Crippen LogP contribution in [0.25, 0.3) is 0 Å². The summed E-state index contributed by atoms with van der Waals surface area (Å²) in [6, 6.07) is 2.63. The van der Waals surface area contributed by atoms with E-state index < -0.39 is 20.1 Å². The van der Waals surface area contributed by atoms with Crippen molar-refractivity contribution in [3.05, 3.63) is 22.2 Å². The highest BCUT2D eigenvalue weighted by atomic mass is 32.2. The molecule has 1 aromatic heterocycles. The van der Waals surface area contributed by atoms with Crippen molar-refractivity contribution in [1.29, 1.82) is 0 Å². The molecule has 2 rings (SSSR count). The number of hydrogen-bond acceptors (Lipinski definition) is 8. The van der Waals surface area contributed by atoms with Crippen LogP contribution in [0.5, 0.6) is 0 Å². The van der Waals surface area contributed by atoms with Crippen LogP contribution >= 0.6 is 11.8 Å². The Morgan fingerprint density at radius 2 is 2.24 bits per heavy atom. The van der Waals surface area contributed by atoms with E-state index in [1.54, 1.807) is 23.7 Å². The fraction of sp³-hybridized carbons (Fsp3) is 0.545. The van der Waals surface area contributed by atoms with Crippen molar-refractivity contribution in [2.75, 3.05) is 41.6 Å². The summed E-state index contributed by atoms with van der Waals surface area (Å²) < 4.78 is 23.8. The number of sulfone groups is 1. The van der Waals surface area contributed by atoms with Crippen LogP contribution in [0.3, 0.4) is 0 Å². The van der Waals surface area contributed by atoms with Crippen LogP contribution in [0.2, 0.25) is 0 Å². The quantitative estimate of drug-likeness (QED) is 0.642. The maximum atomic E-state index is 11.9. The molecule has 1 saturated heterocycles. The molecule has 0 bridgehead atoms. The van der Waals surface area contributed by atoms with Gasteiger partial charge in [-0.25, -0.2) is 13.4 Å². The Morgan fingerprint density at radius 1 is 1.52 bits per heavy atom. The Labute approximate surface area is 127 Å². The molecule has 10 heteroatoms. The summed E-state index contributed by atoms with van der Waals surface area (Å²) in [5.41, 5.74) is -0.116. The van der Waals surface area contributed by atoms with E-state index in [1.165, 1.54) is 18.4 Å². The Balaban J connectivity index is 2.47. The summed E-state index contributed by atoms with van der Waals surface area (Å²) in [6.07, 6.45) is 1.17. The van der Waals surface area contributed by atoms with Crippen molar-refractivity contribution < 1.29 is 13.3 Å². The first-order valence-corrected chi connectivity index (χ1v) is 9.31. The Morgan fingerprint density at radius 3 is 2.81 bits per heavy atom. The smallest absolute Gasteiger partial charge is 0.276 e. The standard InChI is InChI=1S/C11H16N4O4S2/c1-12-9-5-8(15(16)17)6-10(13-9)14-3-4-20-7-11(14)21(2,18)19/h5-6,11H,3-4,7H2,1-2H3,(H,12,13). The van der Waals surface area contributed by atoms with Crippen LogP contribution in [-0.4, -0.2) is 55.1 Å². The number of thioether (sulfide) groups is 1. The van der Waals surface area contributed by atoms with Crippen molar-refractivity contribution in [2.24, 2.45) is 0 Å². The molecular formula is C11H16N4O4S2. The van der Waals surface area contributed by atoms with Crippen molar-refractivity contribution >= 4 is 38.9 Å². The van der Waals surface area contributed by atoms with Crippen LogP contribution in [0.1, 0.15) is 0 Å². The highest BCUT2D eigenvalue weighted by molar-refractivity contribution is 8.01. The second-order valence-corrected chi connectivity index (χ2v) is 7.98. The number of anilines is 2. The van der Waals surface area contributed by atoms with Crippen LogP contribution in [0.4, 0.5) is 17.3 Å². The molecule has 0 aromatic carbocycles. The number of pyridine rings is 1. The van der Waals surface area contributed by atoms with E-state index in [-0.39, 0.29) is 5.69 Å². The molecule has 1 fully saturated rings. The zero-order valence-corrected chi connectivity index (χ0v) is 13.3. The van der Waals surface area contributed by atoms with Gasteiger partial charge in [0.05, 0.1) is 17.1 Å². The zero-order valence-electron chi connectivity index (χ0n) is 11.6. The maximum absolute atomic E-state index is 11.9. The summed E-state index contributed by atoms with van der Waals surface area (Å²) >= 11 is 1.55. The third-order valence-electron chi connectivity index (χ3n) is 3.14. The lowest BCUT2D eigenvalue weighted by Crippen LogP contribution is -2.47. The van der Waals surface area contributed by atoms with E-state index in [0.717, 1.165) is 5.75 Å². The van der Waals surface area contributed by atoms with Gasteiger partial charge in [0.25, 0.3) is 5.69 Å². The number of nitrogens with one attached hydrogen (secondary N) is 1. The molecule has 21 heavy (non-hydrogen) atoms. The summed E-state index contributed by atoms with van der Waals surface area (Å²) in [5, 5.41) is 13.0. The lowest BCUT2D eigenvalue weighted by Gasteiger charge is -2.34. The average Bonchev–Trinajstić information content (AvgIpc) is 2.45. The molecule has 2 heterocycles. The minimum Gasteiger partial charge on any atom is -0.373 e. The lowest BCUT2D eigenvalue weighted by molar-refractivity contribution is -0.384. The molecule has 1 aliphatic rings. The first kappa shape index (κ1) is 15.8. The molecule has 0 aliphatic carbocycles. The molecule has 116 valence electrons. The number of nitrogens with zero attached hydrogens (tertiary/aromatic N) is 3. The number of aromatic nitrogens is 1. The maximum Gasteiger partial charge on any atom is 0.276 e. The molecule has 1 atom stereocenters. The molecule has 1 aromatic rings. The molecule has 0 spiro atoms. The van der Waals surface area contributed by atoms with Gasteiger partial charge in [-0.2, -0.15) is 11.8 Å². The van der Waals surface area contributed by atoms with E-state index >= 15 is 0 Å². The Bertz CT molecular complexity index is 650. The van der Waals surface area contributed by atoms with Crippen LogP contribution in [0.15, 0.2) is 12.1 Å². The number of hydrogen-bond donors (Lipinski definition) is 1. The Kier molecular flexibility index (Phi) is 4.57. The molecule has 1 N–H and O–H groups in total. The van der Waals surface area contributed by atoms with E-state index in [0.29, 0.717) is 23.9 Å². The van der Waals surface area contributed by atoms with Crippen molar-refractivity contribution in [2.45, 2.75) is 5.37 Å². The van der Waals surface area contributed by atoms with E-state index in [4.69, 9.17) is 0 Å².